The van der Waals surface area contributed by atoms with Crippen LogP contribution < -0.4 is 0 Å². The van der Waals surface area contributed by atoms with Crippen molar-refractivity contribution >= 4 is 33.0 Å². The van der Waals surface area contributed by atoms with Gasteiger partial charge in [0.15, 0.2) is 5.78 Å². The highest BCUT2D eigenvalue weighted by Gasteiger charge is 2.28. The first kappa shape index (κ1) is 11.2. The van der Waals surface area contributed by atoms with Crippen molar-refractivity contribution in [2.45, 2.75) is 12.8 Å². The van der Waals surface area contributed by atoms with Gasteiger partial charge in [0, 0.05) is 5.92 Å². The second kappa shape index (κ2) is 4.39. The van der Waals surface area contributed by atoms with Gasteiger partial charge in [0.05, 0.1) is 8.66 Å². The van der Waals surface area contributed by atoms with E-state index in [4.69, 9.17) is 0 Å². The lowest BCUT2D eigenvalue weighted by Gasteiger charge is -2.05. The molecule has 3 heteroatoms. The second-order valence-corrected chi connectivity index (χ2v) is 6.80. The molecule has 1 heterocycles. The molecule has 1 aliphatic carbocycles. The van der Waals surface area contributed by atoms with Crippen molar-refractivity contribution in [3.8, 4) is 0 Å². The van der Waals surface area contributed by atoms with Crippen LogP contribution in [0.2, 0.25) is 0 Å². The summed E-state index contributed by atoms with van der Waals surface area (Å²) in [5.41, 5.74) is 2.67. The van der Waals surface area contributed by atoms with Crippen LogP contribution in [0, 0.1) is 5.92 Å². The van der Waals surface area contributed by atoms with Crippen molar-refractivity contribution in [1.29, 1.82) is 0 Å². The molecule has 1 aromatic carbocycles. The van der Waals surface area contributed by atoms with Crippen LogP contribution in [0.3, 0.4) is 0 Å². The van der Waals surface area contributed by atoms with E-state index in [0.717, 1.165) is 21.5 Å². The average molecular weight is 307 g/mol. The lowest BCUT2D eigenvalue weighted by atomic mass is 10.00. The summed E-state index contributed by atoms with van der Waals surface area (Å²) < 4.78 is 1.02. The predicted octanol–water partition coefficient (Wildman–Crippen LogP) is 4.11. The van der Waals surface area contributed by atoms with E-state index >= 15 is 0 Å². The van der Waals surface area contributed by atoms with Gasteiger partial charge in [-0.1, -0.05) is 24.3 Å². The fraction of sp³-hybridized carbons (Fsp3) is 0.214. The van der Waals surface area contributed by atoms with E-state index in [9.17, 15) is 4.79 Å². The van der Waals surface area contributed by atoms with Crippen LogP contribution in [0.4, 0.5) is 0 Å². The third-order valence-corrected chi connectivity index (χ3v) is 4.88. The zero-order valence-corrected chi connectivity index (χ0v) is 11.6. The van der Waals surface area contributed by atoms with Gasteiger partial charge in [-0.05, 0) is 52.0 Å². The summed E-state index contributed by atoms with van der Waals surface area (Å²) in [7, 11) is 0. The average Bonchev–Trinajstić information content (AvgIpc) is 2.93. The molecule has 2 aromatic rings. The molecule has 17 heavy (non-hydrogen) atoms. The minimum atomic E-state index is 0.137. The standard InChI is InChI=1S/C14H11BrOS/c15-13-6-5-12(17-13)14(16)11-7-9-3-1-2-4-10(9)8-11/h1-6,11H,7-8H2. The Balaban J connectivity index is 1.83. The number of rotatable bonds is 2. The fourth-order valence-corrected chi connectivity index (χ4v) is 3.80. The Morgan fingerprint density at radius 3 is 2.29 bits per heavy atom. The topological polar surface area (TPSA) is 17.1 Å². The second-order valence-electron chi connectivity index (χ2n) is 4.34. The van der Waals surface area contributed by atoms with E-state index in [1.165, 1.54) is 22.5 Å². The van der Waals surface area contributed by atoms with E-state index in [-0.39, 0.29) is 11.7 Å². The zero-order valence-electron chi connectivity index (χ0n) is 9.15. The summed E-state index contributed by atoms with van der Waals surface area (Å²) in [6.07, 6.45) is 1.79. The maximum Gasteiger partial charge on any atom is 0.176 e. The summed E-state index contributed by atoms with van der Waals surface area (Å²) in [5.74, 6) is 0.426. The molecule has 0 spiro atoms. The highest BCUT2D eigenvalue weighted by molar-refractivity contribution is 9.11. The Hall–Kier alpha value is -0.930. The van der Waals surface area contributed by atoms with Gasteiger partial charge in [-0.25, -0.2) is 0 Å². The lowest BCUT2D eigenvalue weighted by molar-refractivity contribution is 0.0929. The third kappa shape index (κ3) is 2.09. The van der Waals surface area contributed by atoms with Crippen LogP contribution in [0.5, 0.6) is 0 Å². The number of hydrogen-bond donors (Lipinski definition) is 0. The molecule has 0 unspecified atom stereocenters. The highest BCUT2D eigenvalue weighted by Crippen LogP contribution is 2.31. The van der Waals surface area contributed by atoms with Gasteiger partial charge in [-0.2, -0.15) is 0 Å². The van der Waals surface area contributed by atoms with Crippen molar-refractivity contribution in [3.05, 3.63) is 56.2 Å². The summed E-state index contributed by atoms with van der Waals surface area (Å²) in [6.45, 7) is 0. The molecular weight excluding hydrogens is 296 g/mol. The number of fused-ring (bicyclic) bond motifs is 1. The number of benzene rings is 1. The first-order chi connectivity index (χ1) is 8.24. The maximum absolute atomic E-state index is 12.3. The molecule has 0 saturated carbocycles. The molecule has 0 aliphatic heterocycles. The number of carbonyl (C=O) groups excluding carboxylic acids is 1. The van der Waals surface area contributed by atoms with Crippen LogP contribution in [0.15, 0.2) is 40.2 Å². The van der Waals surface area contributed by atoms with Crippen molar-refractivity contribution in [3.63, 3.8) is 0 Å². The molecule has 1 nitrogen and oxygen atoms in total. The Morgan fingerprint density at radius 1 is 1.12 bits per heavy atom. The SMILES string of the molecule is O=C(c1ccc(Br)s1)C1Cc2ccccc2C1. The van der Waals surface area contributed by atoms with Crippen molar-refractivity contribution < 1.29 is 4.79 Å². The van der Waals surface area contributed by atoms with Crippen molar-refractivity contribution in [1.82, 2.24) is 0 Å². The van der Waals surface area contributed by atoms with Crippen molar-refractivity contribution in [2.75, 3.05) is 0 Å². The molecule has 0 bridgehead atoms. The van der Waals surface area contributed by atoms with Gasteiger partial charge >= 0.3 is 0 Å². The molecule has 1 aliphatic rings. The largest absolute Gasteiger partial charge is 0.293 e. The van der Waals surface area contributed by atoms with Gasteiger partial charge in [0.25, 0.3) is 0 Å². The highest BCUT2D eigenvalue weighted by atomic mass is 79.9. The number of thiophene rings is 1. The molecule has 0 radical (unpaired) electrons. The Labute approximate surface area is 113 Å². The van der Waals surface area contributed by atoms with E-state index in [0.29, 0.717) is 0 Å². The van der Waals surface area contributed by atoms with Gasteiger partial charge in [0.1, 0.15) is 0 Å². The van der Waals surface area contributed by atoms with Gasteiger partial charge in [-0.3, -0.25) is 4.79 Å². The van der Waals surface area contributed by atoms with E-state index in [2.05, 4.69) is 28.1 Å². The van der Waals surface area contributed by atoms with Crippen molar-refractivity contribution in [2.24, 2.45) is 5.92 Å². The molecular formula is C14H11BrOS. The Morgan fingerprint density at radius 2 is 1.76 bits per heavy atom. The molecule has 0 N–H and O–H groups in total. The minimum absolute atomic E-state index is 0.137. The quantitative estimate of drug-likeness (QED) is 0.763. The van der Waals surface area contributed by atoms with Gasteiger partial charge in [0.2, 0.25) is 0 Å². The molecule has 1 aromatic heterocycles. The Bertz CT molecular complexity index is 548. The number of halogens is 1. The lowest BCUT2D eigenvalue weighted by Crippen LogP contribution is -2.13. The molecule has 0 fully saturated rings. The molecule has 86 valence electrons. The number of hydrogen-bond acceptors (Lipinski definition) is 2. The third-order valence-electron chi connectivity index (χ3n) is 3.24. The van der Waals surface area contributed by atoms with Gasteiger partial charge < -0.3 is 0 Å². The van der Waals surface area contributed by atoms with Crippen LogP contribution in [0.25, 0.3) is 0 Å². The normalized spacial score (nSPS) is 14.9. The number of ketones is 1. The summed E-state index contributed by atoms with van der Waals surface area (Å²) in [6, 6.07) is 12.2. The van der Waals surface area contributed by atoms with Gasteiger partial charge in [-0.15, -0.1) is 11.3 Å². The summed E-state index contributed by atoms with van der Waals surface area (Å²) >= 11 is 4.93. The first-order valence-corrected chi connectivity index (χ1v) is 7.21. The summed E-state index contributed by atoms with van der Waals surface area (Å²) in [4.78, 5) is 13.2. The number of carbonyl (C=O) groups is 1. The fourth-order valence-electron chi connectivity index (χ4n) is 2.39. The van der Waals surface area contributed by atoms with Crippen LogP contribution in [-0.4, -0.2) is 5.78 Å². The van der Waals surface area contributed by atoms with Crippen LogP contribution >= 0.6 is 27.3 Å². The smallest absolute Gasteiger partial charge is 0.176 e. The van der Waals surface area contributed by atoms with E-state index in [1.54, 1.807) is 0 Å². The zero-order chi connectivity index (χ0) is 11.8. The van der Waals surface area contributed by atoms with E-state index < -0.39 is 0 Å². The van der Waals surface area contributed by atoms with Crippen LogP contribution in [-0.2, 0) is 12.8 Å². The maximum atomic E-state index is 12.3. The predicted molar refractivity (Wildman–Crippen MR) is 73.7 cm³/mol. The van der Waals surface area contributed by atoms with Crippen LogP contribution in [0.1, 0.15) is 20.8 Å². The molecule has 0 amide bonds. The number of Topliss-reactive ketones (excluding diaryl/α,β-unsaturated/α-hetero) is 1. The minimum Gasteiger partial charge on any atom is -0.293 e. The monoisotopic (exact) mass is 306 g/mol. The molecule has 0 saturated heterocycles. The first-order valence-electron chi connectivity index (χ1n) is 5.60. The van der Waals surface area contributed by atoms with E-state index in [1.807, 2.05) is 24.3 Å². The molecule has 0 atom stereocenters. The Kier molecular flexibility index (Phi) is 2.89. The summed E-state index contributed by atoms with van der Waals surface area (Å²) in [5, 5.41) is 0. The molecule has 3 rings (SSSR count).